The van der Waals surface area contributed by atoms with Gasteiger partial charge in [-0.15, -0.1) is 12.4 Å². The topological polar surface area (TPSA) is 46.3 Å². The highest BCUT2D eigenvalue weighted by Crippen LogP contribution is 2.18. The normalized spacial score (nSPS) is 22.8. The first-order chi connectivity index (χ1) is 8.49. The Bertz CT molecular complexity index is 467. The first-order valence-electron chi connectivity index (χ1n) is 6.30. The number of aryl methyl sites for hydroxylation is 1. The predicted molar refractivity (Wildman–Crippen MR) is 76.0 cm³/mol. The number of likely N-dealkylation sites (tertiary alicyclic amines) is 1. The zero-order valence-corrected chi connectivity index (χ0v) is 12.0. The zero-order valence-electron chi connectivity index (χ0n) is 11.2. The molecule has 19 heavy (non-hydrogen) atoms. The summed E-state index contributed by atoms with van der Waals surface area (Å²) in [7, 11) is 0. The molecule has 1 fully saturated rings. The van der Waals surface area contributed by atoms with Crippen molar-refractivity contribution in [3.63, 3.8) is 0 Å². The Labute approximate surface area is 119 Å². The maximum atomic E-state index is 13.2. The molecule has 1 aliphatic heterocycles. The number of nitrogens with two attached hydrogens (primary N) is 1. The highest BCUT2D eigenvalue weighted by Gasteiger charge is 2.26. The molecule has 2 N–H and O–H groups in total. The van der Waals surface area contributed by atoms with Crippen LogP contribution in [0.4, 0.5) is 4.39 Å². The fraction of sp³-hybridized carbons (Fsp3) is 0.500. The molecule has 0 bridgehead atoms. The second kappa shape index (κ2) is 6.35. The number of benzene rings is 1. The van der Waals surface area contributed by atoms with E-state index in [-0.39, 0.29) is 30.2 Å². The van der Waals surface area contributed by atoms with E-state index >= 15 is 0 Å². The van der Waals surface area contributed by atoms with Gasteiger partial charge in [-0.25, -0.2) is 4.39 Å². The van der Waals surface area contributed by atoms with E-state index in [4.69, 9.17) is 5.73 Å². The summed E-state index contributed by atoms with van der Waals surface area (Å²) < 4.78 is 13.2. The fourth-order valence-electron chi connectivity index (χ4n) is 2.31. The number of hydrogen-bond acceptors (Lipinski definition) is 2. The van der Waals surface area contributed by atoms with E-state index in [0.29, 0.717) is 30.1 Å². The van der Waals surface area contributed by atoms with Crippen LogP contribution in [0, 0.1) is 18.7 Å². The Hall–Kier alpha value is -1.13. The van der Waals surface area contributed by atoms with Gasteiger partial charge in [0.2, 0.25) is 0 Å². The first kappa shape index (κ1) is 15.9. The number of amides is 1. The van der Waals surface area contributed by atoms with E-state index in [1.807, 2.05) is 0 Å². The largest absolute Gasteiger partial charge is 0.338 e. The maximum Gasteiger partial charge on any atom is 0.253 e. The molecular weight excluding hydrogens is 267 g/mol. The van der Waals surface area contributed by atoms with Gasteiger partial charge in [-0.3, -0.25) is 4.79 Å². The van der Waals surface area contributed by atoms with Gasteiger partial charge in [0.25, 0.3) is 5.91 Å². The molecule has 0 saturated carbocycles. The van der Waals surface area contributed by atoms with Crippen LogP contribution in [0.2, 0.25) is 0 Å². The highest BCUT2D eigenvalue weighted by atomic mass is 35.5. The summed E-state index contributed by atoms with van der Waals surface area (Å²) in [6.45, 7) is 5.08. The van der Waals surface area contributed by atoms with Crippen LogP contribution < -0.4 is 5.73 Å². The van der Waals surface area contributed by atoms with E-state index in [1.54, 1.807) is 24.0 Å². The minimum absolute atomic E-state index is 0. The van der Waals surface area contributed by atoms with Crippen molar-refractivity contribution in [2.45, 2.75) is 26.3 Å². The monoisotopic (exact) mass is 286 g/mol. The van der Waals surface area contributed by atoms with Crippen LogP contribution in [0.5, 0.6) is 0 Å². The van der Waals surface area contributed by atoms with Crippen molar-refractivity contribution in [3.05, 3.63) is 35.1 Å². The number of carbonyl (C=O) groups excluding carboxylic acids is 1. The quantitative estimate of drug-likeness (QED) is 0.861. The fourth-order valence-corrected chi connectivity index (χ4v) is 2.31. The molecule has 1 amide bonds. The average Bonchev–Trinajstić information content (AvgIpc) is 2.35. The van der Waals surface area contributed by atoms with Gasteiger partial charge in [0, 0.05) is 24.7 Å². The molecule has 106 valence electrons. The van der Waals surface area contributed by atoms with E-state index in [9.17, 15) is 9.18 Å². The van der Waals surface area contributed by atoms with Crippen LogP contribution in [0.1, 0.15) is 29.3 Å². The Morgan fingerprint density at radius 3 is 2.74 bits per heavy atom. The molecule has 2 rings (SSSR count). The van der Waals surface area contributed by atoms with Crippen LogP contribution >= 0.6 is 12.4 Å². The van der Waals surface area contributed by atoms with Gasteiger partial charge in [-0.2, -0.15) is 0 Å². The van der Waals surface area contributed by atoms with Gasteiger partial charge in [0.1, 0.15) is 5.82 Å². The van der Waals surface area contributed by atoms with Crippen molar-refractivity contribution in [1.82, 2.24) is 4.90 Å². The molecule has 1 aliphatic rings. The smallest absolute Gasteiger partial charge is 0.253 e. The molecule has 2 atom stereocenters. The number of piperidine rings is 1. The minimum Gasteiger partial charge on any atom is -0.338 e. The lowest BCUT2D eigenvalue weighted by Crippen LogP contribution is -2.48. The number of halogens is 2. The molecule has 2 unspecified atom stereocenters. The standard InChI is InChI=1S/C14H19FN2O.ClH/c1-9-7-11(3-4-12(9)15)14(18)17-6-5-13(16)10(2)8-17;/h3-4,7,10,13H,5-6,8,16H2,1-2H3;1H. The van der Waals surface area contributed by atoms with E-state index in [1.165, 1.54) is 6.07 Å². The van der Waals surface area contributed by atoms with E-state index < -0.39 is 0 Å². The van der Waals surface area contributed by atoms with Crippen LogP contribution in [0.3, 0.4) is 0 Å². The maximum absolute atomic E-state index is 13.2. The van der Waals surface area contributed by atoms with Gasteiger partial charge in [-0.05, 0) is 43.0 Å². The summed E-state index contributed by atoms with van der Waals surface area (Å²) in [5, 5.41) is 0. The Morgan fingerprint density at radius 2 is 2.16 bits per heavy atom. The van der Waals surface area contributed by atoms with Crippen molar-refractivity contribution in [2.24, 2.45) is 11.7 Å². The van der Waals surface area contributed by atoms with E-state index in [0.717, 1.165) is 6.42 Å². The third kappa shape index (κ3) is 3.45. The number of nitrogens with zero attached hydrogens (tertiary/aromatic N) is 1. The molecule has 1 aromatic rings. The van der Waals surface area contributed by atoms with Gasteiger partial charge in [0.05, 0.1) is 0 Å². The molecule has 3 nitrogen and oxygen atoms in total. The Balaban J connectivity index is 0.00000180. The van der Waals surface area contributed by atoms with Crippen molar-refractivity contribution in [1.29, 1.82) is 0 Å². The Kier molecular flexibility index (Phi) is 5.32. The summed E-state index contributed by atoms with van der Waals surface area (Å²) >= 11 is 0. The van der Waals surface area contributed by atoms with Crippen LogP contribution in [-0.2, 0) is 0 Å². The lowest BCUT2D eigenvalue weighted by Gasteiger charge is -2.35. The average molecular weight is 287 g/mol. The lowest BCUT2D eigenvalue weighted by molar-refractivity contribution is 0.0664. The molecule has 1 saturated heterocycles. The van der Waals surface area contributed by atoms with Crippen molar-refractivity contribution in [3.8, 4) is 0 Å². The van der Waals surface area contributed by atoms with Gasteiger partial charge >= 0.3 is 0 Å². The first-order valence-corrected chi connectivity index (χ1v) is 6.30. The summed E-state index contributed by atoms with van der Waals surface area (Å²) in [4.78, 5) is 14.1. The summed E-state index contributed by atoms with van der Waals surface area (Å²) in [6, 6.07) is 4.67. The summed E-state index contributed by atoms with van der Waals surface area (Å²) in [5.74, 6) is 0.00156. The Morgan fingerprint density at radius 1 is 1.47 bits per heavy atom. The van der Waals surface area contributed by atoms with Crippen LogP contribution in [0.25, 0.3) is 0 Å². The molecule has 1 heterocycles. The number of rotatable bonds is 1. The molecular formula is C14H20ClFN2O. The number of carbonyl (C=O) groups is 1. The predicted octanol–water partition coefficient (Wildman–Crippen LogP) is 2.37. The molecule has 0 aromatic heterocycles. The van der Waals surface area contributed by atoms with Gasteiger partial charge < -0.3 is 10.6 Å². The second-order valence-corrected chi connectivity index (χ2v) is 5.14. The van der Waals surface area contributed by atoms with Crippen molar-refractivity contribution < 1.29 is 9.18 Å². The van der Waals surface area contributed by atoms with Gasteiger partial charge in [0.15, 0.2) is 0 Å². The van der Waals surface area contributed by atoms with Crippen molar-refractivity contribution in [2.75, 3.05) is 13.1 Å². The summed E-state index contributed by atoms with van der Waals surface area (Å²) in [5.41, 5.74) is 6.99. The number of hydrogen-bond donors (Lipinski definition) is 1. The second-order valence-electron chi connectivity index (χ2n) is 5.14. The highest BCUT2D eigenvalue weighted by molar-refractivity contribution is 5.94. The third-order valence-corrected chi connectivity index (χ3v) is 3.66. The SMILES string of the molecule is Cc1cc(C(=O)N2CCC(N)C(C)C2)ccc1F.Cl. The molecule has 5 heteroatoms. The lowest BCUT2D eigenvalue weighted by atomic mass is 9.94. The summed E-state index contributed by atoms with van der Waals surface area (Å²) in [6.07, 6.45) is 0.826. The third-order valence-electron chi connectivity index (χ3n) is 3.66. The van der Waals surface area contributed by atoms with Crippen LogP contribution in [0.15, 0.2) is 18.2 Å². The molecule has 1 aromatic carbocycles. The van der Waals surface area contributed by atoms with Crippen molar-refractivity contribution >= 4 is 18.3 Å². The van der Waals surface area contributed by atoms with Gasteiger partial charge in [-0.1, -0.05) is 6.92 Å². The molecule has 0 aliphatic carbocycles. The zero-order chi connectivity index (χ0) is 13.3. The minimum atomic E-state index is -0.277. The molecule has 0 spiro atoms. The van der Waals surface area contributed by atoms with Crippen LogP contribution in [-0.4, -0.2) is 29.9 Å². The van der Waals surface area contributed by atoms with E-state index in [2.05, 4.69) is 6.92 Å². The molecule has 0 radical (unpaired) electrons.